The third kappa shape index (κ3) is 4.10. The van der Waals surface area contributed by atoms with Crippen LogP contribution in [0.2, 0.25) is 0 Å². The SMILES string of the molecule is Oc1ccc2ccccc2c1N=Nc1ccc(NCNc2ccccc2)cc1. The summed E-state index contributed by atoms with van der Waals surface area (Å²) in [5.74, 6) is 0.118. The number of hydrogen-bond donors (Lipinski definition) is 3. The van der Waals surface area contributed by atoms with Crippen LogP contribution in [-0.4, -0.2) is 11.8 Å². The van der Waals surface area contributed by atoms with E-state index in [1.165, 1.54) is 0 Å². The fraction of sp³-hybridized carbons (Fsp3) is 0.0435. The summed E-state index contributed by atoms with van der Waals surface area (Å²) in [5.41, 5.74) is 3.24. The summed E-state index contributed by atoms with van der Waals surface area (Å²) in [6, 6.07) is 29.0. The van der Waals surface area contributed by atoms with Crippen molar-refractivity contribution in [2.75, 3.05) is 17.3 Å². The molecule has 0 aromatic heterocycles. The lowest BCUT2D eigenvalue weighted by Gasteiger charge is -2.09. The van der Waals surface area contributed by atoms with Crippen molar-refractivity contribution in [1.29, 1.82) is 0 Å². The predicted octanol–water partition coefficient (Wildman–Crippen LogP) is 6.44. The Hall–Kier alpha value is -3.86. The van der Waals surface area contributed by atoms with Crippen molar-refractivity contribution in [1.82, 2.24) is 0 Å². The van der Waals surface area contributed by atoms with Crippen LogP contribution < -0.4 is 10.6 Å². The number of aromatic hydroxyl groups is 1. The fourth-order valence-electron chi connectivity index (χ4n) is 2.91. The highest BCUT2D eigenvalue weighted by Crippen LogP contribution is 2.36. The van der Waals surface area contributed by atoms with Gasteiger partial charge < -0.3 is 15.7 Å². The minimum Gasteiger partial charge on any atom is -0.506 e. The summed E-state index contributed by atoms with van der Waals surface area (Å²) in [6.07, 6.45) is 0. The van der Waals surface area contributed by atoms with Crippen LogP contribution in [0, 0.1) is 0 Å². The van der Waals surface area contributed by atoms with E-state index in [9.17, 15) is 5.11 Å². The Morgan fingerprint density at radius 1 is 0.643 bits per heavy atom. The van der Waals surface area contributed by atoms with Crippen molar-refractivity contribution in [3.8, 4) is 5.75 Å². The highest BCUT2D eigenvalue weighted by Gasteiger charge is 2.05. The lowest BCUT2D eigenvalue weighted by atomic mass is 10.1. The molecule has 0 heterocycles. The first kappa shape index (κ1) is 17.5. The van der Waals surface area contributed by atoms with Crippen LogP contribution >= 0.6 is 0 Å². The Balaban J connectivity index is 1.43. The summed E-state index contributed by atoms with van der Waals surface area (Å²) < 4.78 is 0. The maximum atomic E-state index is 10.2. The van der Waals surface area contributed by atoms with Gasteiger partial charge >= 0.3 is 0 Å². The largest absolute Gasteiger partial charge is 0.506 e. The number of hydrogen-bond acceptors (Lipinski definition) is 5. The van der Waals surface area contributed by atoms with E-state index < -0.39 is 0 Å². The average Bonchev–Trinajstić information content (AvgIpc) is 2.75. The minimum atomic E-state index is 0.118. The van der Waals surface area contributed by atoms with E-state index in [0.29, 0.717) is 18.0 Å². The number of phenols is 1. The molecule has 0 atom stereocenters. The Kier molecular flexibility index (Phi) is 5.15. The second kappa shape index (κ2) is 8.22. The molecule has 4 aromatic rings. The predicted molar refractivity (Wildman–Crippen MR) is 115 cm³/mol. The first-order valence-electron chi connectivity index (χ1n) is 9.05. The van der Waals surface area contributed by atoms with Gasteiger partial charge in [0.15, 0.2) is 0 Å². The summed E-state index contributed by atoms with van der Waals surface area (Å²) in [5, 5.41) is 27.2. The molecule has 28 heavy (non-hydrogen) atoms. The van der Waals surface area contributed by atoms with Crippen molar-refractivity contribution in [3.63, 3.8) is 0 Å². The molecule has 0 saturated heterocycles. The first-order valence-corrected chi connectivity index (χ1v) is 9.05. The normalized spacial score (nSPS) is 11.0. The van der Waals surface area contributed by atoms with Gasteiger partial charge in [0.2, 0.25) is 0 Å². The Morgan fingerprint density at radius 2 is 1.32 bits per heavy atom. The van der Waals surface area contributed by atoms with Crippen molar-refractivity contribution in [2.45, 2.75) is 0 Å². The quantitative estimate of drug-likeness (QED) is 0.271. The van der Waals surface area contributed by atoms with Crippen LogP contribution in [-0.2, 0) is 0 Å². The molecule has 5 heteroatoms. The molecule has 0 aliphatic rings. The number of rotatable bonds is 6. The van der Waals surface area contributed by atoms with Crippen LogP contribution in [0.25, 0.3) is 10.8 Å². The van der Waals surface area contributed by atoms with Crippen LogP contribution in [0.4, 0.5) is 22.7 Å². The second-order valence-corrected chi connectivity index (χ2v) is 6.30. The van der Waals surface area contributed by atoms with E-state index >= 15 is 0 Å². The standard InChI is InChI=1S/C23H20N4O/c28-22-15-10-17-6-4-5-9-21(17)23(22)27-26-20-13-11-19(12-14-20)25-16-24-18-7-2-1-3-8-18/h1-15,24-25,28H,16H2. The van der Waals surface area contributed by atoms with Crippen molar-refractivity contribution in [2.24, 2.45) is 10.2 Å². The van der Waals surface area contributed by atoms with Crippen LogP contribution in [0.5, 0.6) is 5.75 Å². The second-order valence-electron chi connectivity index (χ2n) is 6.30. The Morgan fingerprint density at radius 3 is 2.11 bits per heavy atom. The molecule has 138 valence electrons. The maximum absolute atomic E-state index is 10.2. The van der Waals surface area contributed by atoms with Crippen LogP contribution in [0.1, 0.15) is 0 Å². The van der Waals surface area contributed by atoms with E-state index in [2.05, 4.69) is 20.9 Å². The van der Waals surface area contributed by atoms with Gasteiger partial charge in [-0.3, -0.25) is 0 Å². The van der Waals surface area contributed by atoms with Crippen molar-refractivity contribution < 1.29 is 5.11 Å². The molecule has 0 spiro atoms. The molecule has 0 aliphatic carbocycles. The zero-order valence-electron chi connectivity index (χ0n) is 15.2. The summed E-state index contributed by atoms with van der Waals surface area (Å²) in [7, 11) is 0. The zero-order chi connectivity index (χ0) is 19.2. The van der Waals surface area contributed by atoms with Gasteiger partial charge in [-0.1, -0.05) is 48.5 Å². The highest BCUT2D eigenvalue weighted by atomic mass is 16.3. The monoisotopic (exact) mass is 368 g/mol. The van der Waals surface area contributed by atoms with Gasteiger partial charge in [-0.15, -0.1) is 5.11 Å². The van der Waals surface area contributed by atoms with E-state index in [0.717, 1.165) is 22.1 Å². The first-order chi connectivity index (χ1) is 13.8. The van der Waals surface area contributed by atoms with Gasteiger partial charge in [-0.2, -0.15) is 5.11 Å². The summed E-state index contributed by atoms with van der Waals surface area (Å²) in [4.78, 5) is 0. The van der Waals surface area contributed by atoms with Gasteiger partial charge in [-0.05, 0) is 47.9 Å². The molecule has 0 aliphatic heterocycles. The number of fused-ring (bicyclic) bond motifs is 1. The number of nitrogens with one attached hydrogen (secondary N) is 2. The van der Waals surface area contributed by atoms with E-state index in [4.69, 9.17) is 0 Å². The number of nitrogens with zero attached hydrogens (tertiary/aromatic N) is 2. The lowest BCUT2D eigenvalue weighted by molar-refractivity contribution is 0.477. The molecular formula is C23H20N4O. The summed E-state index contributed by atoms with van der Waals surface area (Å²) >= 11 is 0. The van der Waals surface area contributed by atoms with Gasteiger partial charge in [-0.25, -0.2) is 0 Å². The number of anilines is 2. The van der Waals surface area contributed by atoms with Gasteiger partial charge in [0, 0.05) is 16.8 Å². The van der Waals surface area contributed by atoms with Crippen molar-refractivity contribution in [3.05, 3.63) is 91.0 Å². The van der Waals surface area contributed by atoms with Gasteiger partial charge in [0.25, 0.3) is 0 Å². The molecule has 0 unspecified atom stereocenters. The van der Waals surface area contributed by atoms with Crippen LogP contribution in [0.15, 0.2) is 101 Å². The zero-order valence-corrected chi connectivity index (χ0v) is 15.2. The lowest BCUT2D eigenvalue weighted by Crippen LogP contribution is -2.11. The minimum absolute atomic E-state index is 0.118. The molecular weight excluding hydrogens is 348 g/mol. The molecule has 0 amide bonds. The van der Waals surface area contributed by atoms with Gasteiger partial charge in [0.1, 0.15) is 11.4 Å². The fourth-order valence-corrected chi connectivity index (χ4v) is 2.91. The Bertz CT molecular complexity index is 1090. The molecule has 0 radical (unpaired) electrons. The smallest absolute Gasteiger partial charge is 0.143 e. The average molecular weight is 368 g/mol. The molecule has 0 fully saturated rings. The van der Waals surface area contributed by atoms with Crippen molar-refractivity contribution >= 4 is 33.5 Å². The molecule has 0 saturated carbocycles. The number of azo groups is 1. The van der Waals surface area contributed by atoms with E-state index in [-0.39, 0.29) is 5.75 Å². The van der Waals surface area contributed by atoms with Gasteiger partial charge in [0.05, 0.1) is 12.4 Å². The molecule has 5 nitrogen and oxygen atoms in total. The maximum Gasteiger partial charge on any atom is 0.143 e. The van der Waals surface area contributed by atoms with E-state index in [1.54, 1.807) is 6.07 Å². The molecule has 3 N–H and O–H groups in total. The molecule has 0 bridgehead atoms. The Labute approximate surface area is 163 Å². The van der Waals surface area contributed by atoms with E-state index in [1.807, 2.05) is 84.9 Å². The highest BCUT2D eigenvalue weighted by molar-refractivity contribution is 5.95. The third-order valence-corrected chi connectivity index (χ3v) is 4.37. The topological polar surface area (TPSA) is 69.0 Å². The molecule has 4 rings (SSSR count). The summed E-state index contributed by atoms with van der Waals surface area (Å²) in [6.45, 7) is 0.620. The van der Waals surface area contributed by atoms with Crippen LogP contribution in [0.3, 0.4) is 0 Å². The number of para-hydroxylation sites is 1. The third-order valence-electron chi connectivity index (χ3n) is 4.37. The number of phenolic OH excluding ortho intramolecular Hbond substituents is 1. The number of benzene rings is 4. The molecule has 4 aromatic carbocycles.